The number of allylic oxidation sites excluding steroid dienone is 1. The van der Waals surface area contributed by atoms with Crippen LogP contribution in [0.25, 0.3) is 10.9 Å². The van der Waals surface area contributed by atoms with Crippen molar-refractivity contribution in [3.63, 3.8) is 0 Å². The summed E-state index contributed by atoms with van der Waals surface area (Å²) in [6.45, 7) is 8.85. The van der Waals surface area contributed by atoms with Crippen molar-refractivity contribution in [1.82, 2.24) is 9.72 Å². The van der Waals surface area contributed by atoms with E-state index in [4.69, 9.17) is 9.26 Å². The summed E-state index contributed by atoms with van der Waals surface area (Å²) < 4.78 is 54.4. The normalized spacial score (nSPS) is 14.1. The lowest BCUT2D eigenvalue weighted by Crippen LogP contribution is -2.31. The molecule has 1 unspecified atom stereocenters. The summed E-state index contributed by atoms with van der Waals surface area (Å²) in [6.07, 6.45) is 1.31. The summed E-state index contributed by atoms with van der Waals surface area (Å²) in [5, 5.41) is 4.42. The molecule has 0 radical (unpaired) electrons. The second kappa shape index (κ2) is 10.8. The lowest BCUT2D eigenvalue weighted by Gasteiger charge is -2.28. The van der Waals surface area contributed by atoms with Gasteiger partial charge in [0.25, 0.3) is 15.6 Å². The number of aromatic nitrogens is 2. The van der Waals surface area contributed by atoms with Crippen LogP contribution in [0.5, 0.6) is 5.75 Å². The van der Waals surface area contributed by atoms with Crippen molar-refractivity contribution in [3.8, 4) is 5.75 Å². The molecule has 0 amide bonds. The van der Waals surface area contributed by atoms with Crippen LogP contribution in [-0.2, 0) is 16.6 Å². The molecule has 0 N–H and O–H groups in total. The van der Waals surface area contributed by atoms with Crippen molar-refractivity contribution in [2.24, 2.45) is 11.8 Å². The molecule has 0 saturated heterocycles. The van der Waals surface area contributed by atoms with Gasteiger partial charge in [-0.1, -0.05) is 37.7 Å². The third-order valence-electron chi connectivity index (χ3n) is 7.11. The number of hydrogen-bond donors (Lipinski definition) is 0. The van der Waals surface area contributed by atoms with Gasteiger partial charge in [-0.25, -0.2) is 17.1 Å². The molecule has 0 aliphatic rings. The number of benzene rings is 2. The Labute approximate surface area is 221 Å². The maximum Gasteiger partial charge on any atom is 0.265 e. The Morgan fingerprint density at radius 2 is 1.82 bits per heavy atom. The fourth-order valence-electron chi connectivity index (χ4n) is 4.41. The summed E-state index contributed by atoms with van der Waals surface area (Å²) in [7, 11) is -2.53. The summed E-state index contributed by atoms with van der Waals surface area (Å²) in [5.74, 6) is -0.351. The van der Waals surface area contributed by atoms with E-state index in [0.717, 1.165) is 9.87 Å². The number of hydrogen-bond acceptors (Lipinski definition) is 6. The van der Waals surface area contributed by atoms with E-state index in [-0.39, 0.29) is 34.8 Å². The van der Waals surface area contributed by atoms with Crippen LogP contribution in [0.15, 0.2) is 93.5 Å². The Balaban J connectivity index is 1.76. The fraction of sp³-hybridized carbons (Fsp3) is 0.286. The molecule has 0 aliphatic carbocycles. The number of pyridine rings is 1. The number of halogens is 1. The molecular weight excluding hydrogens is 509 g/mol. The summed E-state index contributed by atoms with van der Waals surface area (Å²) in [4.78, 5) is 12.9. The number of anilines is 1. The van der Waals surface area contributed by atoms with Gasteiger partial charge in [0, 0.05) is 24.1 Å². The van der Waals surface area contributed by atoms with Gasteiger partial charge in [0.15, 0.2) is 5.82 Å². The van der Waals surface area contributed by atoms with Gasteiger partial charge in [-0.15, -0.1) is 0 Å². The molecule has 8 nitrogen and oxygen atoms in total. The quantitative estimate of drug-likeness (QED) is 0.256. The SMILES string of the molecule is C=C(F)C(C)[C@@H](C)[C@H](C)n1c(=O)ccc2cc(S(=O)(=O)N(Cc3ccc(OC)cc3)c3ccon3)ccc21. The zero-order valence-electron chi connectivity index (χ0n) is 21.7. The number of nitrogens with zero attached hydrogens (tertiary/aromatic N) is 3. The topological polar surface area (TPSA) is 94.6 Å². The standard InChI is InChI=1S/C28H30FN3O5S/c1-18(20(3)29)19(2)21(4)32-26-12-11-25(16-23(26)8-13-28(32)33)38(34,35)31(27-14-15-37-30-27)17-22-6-9-24(36-5)10-7-22/h6-16,18-19,21H,3,17H2,1-2,4-5H3/t18?,19-,21+/m1/s1. The van der Waals surface area contributed by atoms with Gasteiger partial charge < -0.3 is 13.8 Å². The van der Waals surface area contributed by atoms with E-state index in [1.54, 1.807) is 55.0 Å². The Kier molecular flexibility index (Phi) is 7.73. The number of sulfonamides is 1. The molecule has 2 aromatic heterocycles. The molecule has 3 atom stereocenters. The second-order valence-corrected chi connectivity index (χ2v) is 11.2. The molecule has 2 heterocycles. The lowest BCUT2D eigenvalue weighted by molar-refractivity contribution is 0.279. The molecular formula is C28H30FN3O5S. The minimum absolute atomic E-state index is 0.00987. The van der Waals surface area contributed by atoms with Crippen LogP contribution in [0.3, 0.4) is 0 Å². The molecule has 4 aromatic rings. The van der Waals surface area contributed by atoms with Crippen LogP contribution in [0, 0.1) is 11.8 Å². The average molecular weight is 540 g/mol. The van der Waals surface area contributed by atoms with Gasteiger partial charge in [-0.3, -0.25) is 4.79 Å². The Hall–Kier alpha value is -3.92. The fourth-order valence-corrected chi connectivity index (χ4v) is 5.84. The molecule has 200 valence electrons. The molecule has 0 bridgehead atoms. The molecule has 10 heteroatoms. The van der Waals surface area contributed by atoms with Crippen LogP contribution in [0.4, 0.5) is 10.2 Å². The first-order valence-corrected chi connectivity index (χ1v) is 13.5. The van der Waals surface area contributed by atoms with Gasteiger partial charge in [-0.2, -0.15) is 0 Å². The zero-order chi connectivity index (χ0) is 27.6. The minimum Gasteiger partial charge on any atom is -0.497 e. The zero-order valence-corrected chi connectivity index (χ0v) is 22.5. The maximum absolute atomic E-state index is 13.9. The Morgan fingerprint density at radius 3 is 2.42 bits per heavy atom. The molecule has 2 aromatic carbocycles. The lowest BCUT2D eigenvalue weighted by atomic mass is 9.88. The Morgan fingerprint density at radius 1 is 1.11 bits per heavy atom. The van der Waals surface area contributed by atoms with E-state index in [0.29, 0.717) is 16.7 Å². The number of rotatable bonds is 10. The van der Waals surface area contributed by atoms with E-state index in [2.05, 4.69) is 11.7 Å². The number of ether oxygens (including phenoxy) is 1. The van der Waals surface area contributed by atoms with Crippen molar-refractivity contribution in [2.75, 3.05) is 11.4 Å². The maximum atomic E-state index is 13.9. The first-order valence-electron chi connectivity index (χ1n) is 12.1. The number of fused-ring (bicyclic) bond motifs is 1. The van der Waals surface area contributed by atoms with Gasteiger partial charge in [0.1, 0.15) is 12.0 Å². The predicted octanol–water partition coefficient (Wildman–Crippen LogP) is 5.71. The third-order valence-corrected chi connectivity index (χ3v) is 8.85. The van der Waals surface area contributed by atoms with Gasteiger partial charge in [0.2, 0.25) is 0 Å². The van der Waals surface area contributed by atoms with Crippen molar-refractivity contribution < 1.29 is 22.1 Å². The van der Waals surface area contributed by atoms with Crippen LogP contribution >= 0.6 is 0 Å². The van der Waals surface area contributed by atoms with Gasteiger partial charge in [0.05, 0.1) is 29.9 Å². The van der Waals surface area contributed by atoms with Crippen LogP contribution in [-0.4, -0.2) is 25.3 Å². The van der Waals surface area contributed by atoms with E-state index < -0.39 is 21.8 Å². The largest absolute Gasteiger partial charge is 0.497 e. The van der Waals surface area contributed by atoms with Crippen LogP contribution in [0.1, 0.15) is 32.4 Å². The Bertz CT molecular complexity index is 1600. The highest BCUT2D eigenvalue weighted by Gasteiger charge is 2.29. The van der Waals surface area contributed by atoms with Crippen molar-refractivity contribution in [1.29, 1.82) is 0 Å². The van der Waals surface area contributed by atoms with Crippen molar-refractivity contribution >= 4 is 26.7 Å². The average Bonchev–Trinajstić information content (AvgIpc) is 3.44. The molecule has 0 spiro atoms. The van der Waals surface area contributed by atoms with Gasteiger partial charge >= 0.3 is 0 Å². The second-order valence-electron chi connectivity index (χ2n) is 9.31. The van der Waals surface area contributed by atoms with E-state index >= 15 is 0 Å². The smallest absolute Gasteiger partial charge is 0.265 e. The molecule has 0 aliphatic heterocycles. The van der Waals surface area contributed by atoms with E-state index in [9.17, 15) is 17.6 Å². The van der Waals surface area contributed by atoms with E-state index in [1.165, 1.54) is 30.5 Å². The highest BCUT2D eigenvalue weighted by atomic mass is 32.2. The van der Waals surface area contributed by atoms with Crippen LogP contribution in [0.2, 0.25) is 0 Å². The highest BCUT2D eigenvalue weighted by molar-refractivity contribution is 7.92. The molecule has 4 rings (SSSR count). The molecule has 38 heavy (non-hydrogen) atoms. The summed E-state index contributed by atoms with van der Waals surface area (Å²) in [5.41, 5.74) is 1.02. The van der Waals surface area contributed by atoms with Gasteiger partial charge in [-0.05, 0) is 60.2 Å². The van der Waals surface area contributed by atoms with Crippen LogP contribution < -0.4 is 14.6 Å². The van der Waals surface area contributed by atoms with Crippen molar-refractivity contribution in [3.05, 3.63) is 95.2 Å². The monoisotopic (exact) mass is 539 g/mol. The highest BCUT2D eigenvalue weighted by Crippen LogP contribution is 2.32. The number of methoxy groups -OCH3 is 1. The first kappa shape index (κ1) is 27.1. The van der Waals surface area contributed by atoms with Crippen molar-refractivity contribution in [2.45, 2.75) is 38.3 Å². The first-order chi connectivity index (χ1) is 18.0. The third kappa shape index (κ3) is 5.22. The molecule has 0 fully saturated rings. The predicted molar refractivity (Wildman–Crippen MR) is 144 cm³/mol. The minimum atomic E-state index is -4.08. The summed E-state index contributed by atoms with van der Waals surface area (Å²) in [6, 6.07) is 15.7. The van der Waals surface area contributed by atoms with E-state index in [1.807, 2.05) is 13.8 Å². The molecule has 0 saturated carbocycles. The summed E-state index contributed by atoms with van der Waals surface area (Å²) >= 11 is 0.